The predicted octanol–water partition coefficient (Wildman–Crippen LogP) is 0.648. The fourth-order valence-corrected chi connectivity index (χ4v) is 2.68. The number of ether oxygens (including phenoxy) is 2. The average Bonchev–Trinajstić information content (AvgIpc) is 2.89. The summed E-state index contributed by atoms with van der Waals surface area (Å²) in [5.74, 6) is -1.08. The molecule has 1 amide bonds. The molecule has 0 radical (unpaired) electrons. The number of hydrogen-bond acceptors (Lipinski definition) is 4. The quantitative estimate of drug-likeness (QED) is 0.794. The van der Waals surface area contributed by atoms with Gasteiger partial charge in [0.05, 0.1) is 12.5 Å². The molecule has 2 rings (SSSR count). The second-order valence-corrected chi connectivity index (χ2v) is 5.10. The number of hydrogen-bond donors (Lipinski definition) is 1. The molecular weight excluding hydrogens is 250 g/mol. The highest BCUT2D eigenvalue weighted by Crippen LogP contribution is 2.20. The topological polar surface area (TPSA) is 76.1 Å². The van der Waals surface area contributed by atoms with Gasteiger partial charge in [-0.3, -0.25) is 9.59 Å². The molecule has 1 unspecified atom stereocenters. The Bertz CT molecular complexity index is 321. The predicted molar refractivity (Wildman–Crippen MR) is 66.8 cm³/mol. The van der Waals surface area contributed by atoms with Gasteiger partial charge in [0, 0.05) is 25.9 Å². The van der Waals surface area contributed by atoms with E-state index in [1.165, 1.54) is 4.90 Å². The Morgan fingerprint density at radius 2 is 1.89 bits per heavy atom. The van der Waals surface area contributed by atoms with E-state index in [2.05, 4.69) is 0 Å². The number of nitrogens with zero attached hydrogens (tertiary/aromatic N) is 1. The number of rotatable bonds is 5. The summed E-state index contributed by atoms with van der Waals surface area (Å²) < 4.78 is 10.7. The molecule has 0 aromatic heterocycles. The van der Waals surface area contributed by atoms with Crippen molar-refractivity contribution in [2.45, 2.75) is 44.2 Å². The lowest BCUT2D eigenvalue weighted by molar-refractivity contribution is -0.148. The molecule has 2 aliphatic heterocycles. The molecule has 6 nitrogen and oxygen atoms in total. The summed E-state index contributed by atoms with van der Waals surface area (Å²) >= 11 is 0. The molecular formula is C13H21NO5. The largest absolute Gasteiger partial charge is 0.480 e. The van der Waals surface area contributed by atoms with Crippen LogP contribution in [0.5, 0.6) is 0 Å². The molecule has 2 aliphatic rings. The Balaban J connectivity index is 1.94. The van der Waals surface area contributed by atoms with E-state index in [0.29, 0.717) is 39.1 Å². The lowest BCUT2D eigenvalue weighted by Crippen LogP contribution is -2.46. The van der Waals surface area contributed by atoms with Crippen molar-refractivity contribution >= 4 is 11.9 Å². The first-order valence-corrected chi connectivity index (χ1v) is 6.87. The number of amides is 1. The van der Waals surface area contributed by atoms with Gasteiger partial charge in [0.2, 0.25) is 5.91 Å². The third-order valence-electron chi connectivity index (χ3n) is 3.68. The molecule has 0 aliphatic carbocycles. The normalized spacial score (nSPS) is 24.3. The minimum Gasteiger partial charge on any atom is -0.480 e. The van der Waals surface area contributed by atoms with E-state index in [1.807, 2.05) is 0 Å². The molecule has 2 heterocycles. The van der Waals surface area contributed by atoms with Gasteiger partial charge in [0.25, 0.3) is 0 Å². The van der Waals surface area contributed by atoms with Gasteiger partial charge in [-0.15, -0.1) is 0 Å². The Labute approximate surface area is 112 Å². The molecule has 108 valence electrons. The Morgan fingerprint density at radius 3 is 2.47 bits per heavy atom. The van der Waals surface area contributed by atoms with Crippen LogP contribution < -0.4 is 0 Å². The average molecular weight is 271 g/mol. The molecule has 0 aromatic rings. The minimum absolute atomic E-state index is 0.0150. The van der Waals surface area contributed by atoms with Crippen molar-refractivity contribution in [2.75, 3.05) is 26.4 Å². The molecule has 6 heteroatoms. The van der Waals surface area contributed by atoms with Crippen LogP contribution in [0.15, 0.2) is 0 Å². The van der Waals surface area contributed by atoms with Crippen LogP contribution in [0.4, 0.5) is 0 Å². The second-order valence-electron chi connectivity index (χ2n) is 5.10. The number of carboxylic acid groups (broad SMARTS) is 1. The molecule has 0 bridgehead atoms. The zero-order chi connectivity index (χ0) is 13.7. The van der Waals surface area contributed by atoms with Crippen molar-refractivity contribution in [3.63, 3.8) is 0 Å². The van der Waals surface area contributed by atoms with E-state index < -0.39 is 5.97 Å². The fraction of sp³-hybridized carbons (Fsp3) is 0.846. The van der Waals surface area contributed by atoms with Gasteiger partial charge in [0.15, 0.2) is 0 Å². The fourth-order valence-electron chi connectivity index (χ4n) is 2.68. The zero-order valence-electron chi connectivity index (χ0n) is 11.0. The summed E-state index contributed by atoms with van der Waals surface area (Å²) in [6.45, 7) is 1.66. The lowest BCUT2D eigenvalue weighted by Gasteiger charge is -2.33. The molecule has 0 saturated carbocycles. The first kappa shape index (κ1) is 14.3. The first-order valence-electron chi connectivity index (χ1n) is 6.87. The maximum Gasteiger partial charge on any atom is 0.323 e. The van der Waals surface area contributed by atoms with Crippen molar-refractivity contribution in [1.82, 2.24) is 4.90 Å². The van der Waals surface area contributed by atoms with Crippen LogP contribution in [-0.2, 0) is 19.1 Å². The van der Waals surface area contributed by atoms with E-state index in [0.717, 1.165) is 12.8 Å². The van der Waals surface area contributed by atoms with Gasteiger partial charge in [-0.1, -0.05) is 0 Å². The summed E-state index contributed by atoms with van der Waals surface area (Å²) in [7, 11) is 0. The van der Waals surface area contributed by atoms with Gasteiger partial charge in [0.1, 0.15) is 6.54 Å². The van der Waals surface area contributed by atoms with Crippen LogP contribution in [0.1, 0.15) is 32.1 Å². The summed E-state index contributed by atoms with van der Waals surface area (Å²) in [6.07, 6.45) is 3.55. The SMILES string of the molecule is O=C(O)CN(C(=O)CC1CCCO1)C1CCOCC1. The number of carbonyl (C=O) groups is 2. The van der Waals surface area contributed by atoms with Crippen molar-refractivity contribution < 1.29 is 24.2 Å². The molecule has 0 aromatic carbocycles. The molecule has 1 atom stereocenters. The maximum atomic E-state index is 12.3. The summed E-state index contributed by atoms with van der Waals surface area (Å²) in [5, 5.41) is 8.97. The van der Waals surface area contributed by atoms with Crippen molar-refractivity contribution in [3.8, 4) is 0 Å². The van der Waals surface area contributed by atoms with Crippen LogP contribution in [0, 0.1) is 0 Å². The summed E-state index contributed by atoms with van der Waals surface area (Å²) in [4.78, 5) is 24.7. The summed E-state index contributed by atoms with van der Waals surface area (Å²) in [5.41, 5.74) is 0. The van der Waals surface area contributed by atoms with Gasteiger partial charge < -0.3 is 19.5 Å². The van der Waals surface area contributed by atoms with E-state index in [9.17, 15) is 9.59 Å². The third-order valence-corrected chi connectivity index (χ3v) is 3.68. The molecule has 0 spiro atoms. The highest BCUT2D eigenvalue weighted by molar-refractivity contribution is 5.82. The van der Waals surface area contributed by atoms with Gasteiger partial charge in [-0.2, -0.15) is 0 Å². The standard InChI is InChI=1S/C13H21NO5/c15-12(8-11-2-1-5-19-11)14(9-13(16)17)10-3-6-18-7-4-10/h10-11H,1-9H2,(H,16,17). The van der Waals surface area contributed by atoms with Crippen LogP contribution in [-0.4, -0.2) is 60.4 Å². The molecule has 2 saturated heterocycles. The lowest BCUT2D eigenvalue weighted by atomic mass is 10.1. The second kappa shape index (κ2) is 6.86. The number of carboxylic acids is 1. The monoisotopic (exact) mass is 271 g/mol. The number of aliphatic carboxylic acids is 1. The van der Waals surface area contributed by atoms with Crippen molar-refractivity contribution in [2.24, 2.45) is 0 Å². The molecule has 2 fully saturated rings. The third kappa shape index (κ3) is 4.18. The van der Waals surface area contributed by atoms with Crippen LogP contribution in [0.2, 0.25) is 0 Å². The van der Waals surface area contributed by atoms with Crippen LogP contribution >= 0.6 is 0 Å². The van der Waals surface area contributed by atoms with E-state index >= 15 is 0 Å². The first-order chi connectivity index (χ1) is 9.16. The Morgan fingerprint density at radius 1 is 1.16 bits per heavy atom. The van der Waals surface area contributed by atoms with E-state index in [4.69, 9.17) is 14.6 Å². The maximum absolute atomic E-state index is 12.3. The number of carbonyl (C=O) groups excluding carboxylic acids is 1. The highest BCUT2D eigenvalue weighted by atomic mass is 16.5. The van der Waals surface area contributed by atoms with Gasteiger partial charge >= 0.3 is 5.97 Å². The Hall–Kier alpha value is -1.14. The molecule has 1 N–H and O–H groups in total. The Kier molecular flexibility index (Phi) is 5.15. The van der Waals surface area contributed by atoms with E-state index in [1.54, 1.807) is 0 Å². The summed E-state index contributed by atoms with van der Waals surface area (Å²) in [6, 6.07) is -0.0150. The van der Waals surface area contributed by atoms with Crippen molar-refractivity contribution in [1.29, 1.82) is 0 Å². The van der Waals surface area contributed by atoms with Crippen LogP contribution in [0.25, 0.3) is 0 Å². The van der Waals surface area contributed by atoms with Crippen LogP contribution in [0.3, 0.4) is 0 Å². The van der Waals surface area contributed by atoms with Gasteiger partial charge in [-0.25, -0.2) is 0 Å². The molecule has 19 heavy (non-hydrogen) atoms. The minimum atomic E-state index is -0.966. The van der Waals surface area contributed by atoms with Gasteiger partial charge in [-0.05, 0) is 25.7 Å². The van der Waals surface area contributed by atoms with Crippen molar-refractivity contribution in [3.05, 3.63) is 0 Å². The highest BCUT2D eigenvalue weighted by Gasteiger charge is 2.30. The van der Waals surface area contributed by atoms with E-state index in [-0.39, 0.29) is 24.6 Å². The zero-order valence-corrected chi connectivity index (χ0v) is 11.0. The smallest absolute Gasteiger partial charge is 0.323 e.